The molecule has 1 aliphatic rings. The number of hydrogen-bond acceptors (Lipinski definition) is 5. The van der Waals surface area contributed by atoms with E-state index in [-0.39, 0.29) is 11.3 Å². The molecule has 0 aliphatic carbocycles. The fourth-order valence-electron chi connectivity index (χ4n) is 2.09. The monoisotopic (exact) mass is 351 g/mol. The van der Waals surface area contributed by atoms with Gasteiger partial charge < -0.3 is 10.4 Å². The number of benzene rings is 1. The van der Waals surface area contributed by atoms with Gasteiger partial charge in [0.2, 0.25) is 5.91 Å². The molecule has 1 aliphatic heterocycles. The highest BCUT2D eigenvalue weighted by Crippen LogP contribution is 2.23. The maximum Gasteiger partial charge on any atom is 0.344 e. The van der Waals surface area contributed by atoms with E-state index in [0.29, 0.717) is 16.3 Å². The summed E-state index contributed by atoms with van der Waals surface area (Å²) in [5, 5.41) is 12.3. The normalized spacial score (nSPS) is 20.0. The molecule has 0 unspecified atom stereocenters. The first-order chi connectivity index (χ1) is 11.3. The van der Waals surface area contributed by atoms with Crippen LogP contribution in [0.5, 0.6) is 0 Å². The van der Waals surface area contributed by atoms with Gasteiger partial charge in [-0.3, -0.25) is 15.0 Å². The smallest absolute Gasteiger partial charge is 0.344 e. The largest absolute Gasteiger partial charge is 0.478 e. The number of aromatic carboxylic acids is 1. The number of carbonyl (C=O) groups is 4. The van der Waals surface area contributed by atoms with E-state index < -0.39 is 29.4 Å². The van der Waals surface area contributed by atoms with Crippen LogP contribution < -0.4 is 10.7 Å². The summed E-state index contributed by atoms with van der Waals surface area (Å²) < 4.78 is 0. The number of nitrogens with one attached hydrogen (secondary N) is 2. The Bertz CT molecular complexity index is 708. The van der Waals surface area contributed by atoms with Crippen molar-refractivity contribution in [1.29, 1.82) is 0 Å². The molecule has 24 heavy (non-hydrogen) atoms. The second kappa shape index (κ2) is 6.91. The van der Waals surface area contributed by atoms with E-state index in [0.717, 1.165) is 11.8 Å². The predicted molar refractivity (Wildman–Crippen MR) is 86.3 cm³/mol. The molecule has 3 N–H and O–H groups in total. The maximum atomic E-state index is 12.2. The zero-order valence-electron chi connectivity index (χ0n) is 13.2. The molecule has 1 aromatic rings. The van der Waals surface area contributed by atoms with Crippen LogP contribution in [0.3, 0.4) is 0 Å². The van der Waals surface area contributed by atoms with Crippen molar-refractivity contribution < 1.29 is 24.3 Å². The van der Waals surface area contributed by atoms with Gasteiger partial charge in [-0.05, 0) is 25.5 Å². The van der Waals surface area contributed by atoms with E-state index >= 15 is 0 Å². The number of carboxylic acids is 1. The molecule has 0 saturated carbocycles. The third-order valence-corrected chi connectivity index (χ3v) is 4.75. The average Bonchev–Trinajstić information content (AvgIpc) is 2.77. The van der Waals surface area contributed by atoms with Gasteiger partial charge in [0.15, 0.2) is 0 Å². The van der Waals surface area contributed by atoms with Gasteiger partial charge in [-0.1, -0.05) is 19.1 Å². The lowest BCUT2D eigenvalue weighted by molar-refractivity contribution is -0.137. The quantitative estimate of drug-likeness (QED) is 0.524. The lowest BCUT2D eigenvalue weighted by Crippen LogP contribution is -2.49. The fourth-order valence-corrected chi connectivity index (χ4v) is 2.93. The van der Waals surface area contributed by atoms with E-state index in [9.17, 15) is 19.2 Å². The van der Waals surface area contributed by atoms with Crippen molar-refractivity contribution in [3.63, 3.8) is 0 Å². The van der Waals surface area contributed by atoms with Crippen molar-refractivity contribution in [1.82, 2.24) is 15.8 Å². The van der Waals surface area contributed by atoms with Gasteiger partial charge in [0.05, 0.1) is 11.3 Å². The minimum Gasteiger partial charge on any atom is -0.478 e. The molecule has 128 valence electrons. The summed E-state index contributed by atoms with van der Waals surface area (Å²) >= 11 is 1.01. The number of carbonyl (C=O) groups excluding carboxylic acids is 3. The van der Waals surface area contributed by atoms with E-state index in [4.69, 9.17) is 5.11 Å². The topological polar surface area (TPSA) is 116 Å². The van der Waals surface area contributed by atoms with Crippen molar-refractivity contribution in [2.45, 2.75) is 30.7 Å². The Morgan fingerprint density at radius 2 is 2.00 bits per heavy atom. The molecule has 0 radical (unpaired) electrons. The Morgan fingerprint density at radius 1 is 1.33 bits per heavy atom. The molecule has 1 saturated heterocycles. The first kappa shape index (κ1) is 17.8. The van der Waals surface area contributed by atoms with Crippen LogP contribution in [0.2, 0.25) is 0 Å². The third-order valence-electron chi connectivity index (χ3n) is 3.68. The summed E-state index contributed by atoms with van der Waals surface area (Å²) in [6.07, 6.45) is 0.394. The first-order valence-electron chi connectivity index (χ1n) is 7.20. The third kappa shape index (κ3) is 3.51. The highest BCUT2D eigenvalue weighted by atomic mass is 32.2. The van der Waals surface area contributed by atoms with Crippen molar-refractivity contribution in [3.05, 3.63) is 29.8 Å². The summed E-state index contributed by atoms with van der Waals surface area (Å²) in [4.78, 5) is 47.5. The standard InChI is InChI=1S/C15H17N3O5S/c1-3-15(2)13(22)18(14(23)16-15)17-11(19)8-24-10-7-5-4-6-9(10)12(20)21/h4-7H,3,8H2,1-2H3,(H,16,23)(H,17,19)(H,20,21)/t15-/m0/s1. The Labute approximate surface area is 142 Å². The van der Waals surface area contributed by atoms with Crippen LogP contribution in [-0.4, -0.2) is 45.2 Å². The van der Waals surface area contributed by atoms with Gasteiger partial charge in [0.25, 0.3) is 5.91 Å². The van der Waals surface area contributed by atoms with Crippen molar-refractivity contribution in [2.75, 3.05) is 5.75 Å². The summed E-state index contributed by atoms with van der Waals surface area (Å²) in [5.41, 5.74) is 1.30. The Hall–Kier alpha value is -2.55. The van der Waals surface area contributed by atoms with Crippen LogP contribution in [-0.2, 0) is 9.59 Å². The van der Waals surface area contributed by atoms with Gasteiger partial charge in [-0.2, -0.15) is 5.01 Å². The second-order valence-corrected chi connectivity index (χ2v) is 6.40. The maximum absolute atomic E-state index is 12.2. The van der Waals surface area contributed by atoms with E-state index in [1.54, 1.807) is 32.0 Å². The first-order valence-corrected chi connectivity index (χ1v) is 8.18. The molecule has 4 amide bonds. The number of nitrogens with zero attached hydrogens (tertiary/aromatic N) is 1. The number of hydrazine groups is 1. The van der Waals surface area contributed by atoms with Crippen molar-refractivity contribution in [2.24, 2.45) is 0 Å². The van der Waals surface area contributed by atoms with Gasteiger partial charge in [-0.25, -0.2) is 9.59 Å². The molecule has 1 heterocycles. The van der Waals surface area contributed by atoms with Gasteiger partial charge in [0, 0.05) is 4.90 Å². The van der Waals surface area contributed by atoms with Crippen LogP contribution in [0.1, 0.15) is 30.6 Å². The molecule has 1 aromatic carbocycles. The van der Waals surface area contributed by atoms with Gasteiger partial charge in [-0.15, -0.1) is 11.8 Å². The lowest BCUT2D eigenvalue weighted by Gasteiger charge is -2.19. The Balaban J connectivity index is 1.99. The molecular formula is C15H17N3O5S. The number of hydrogen-bond donors (Lipinski definition) is 3. The molecule has 0 spiro atoms. The molecular weight excluding hydrogens is 334 g/mol. The number of urea groups is 1. The summed E-state index contributed by atoms with van der Waals surface area (Å²) in [6.45, 7) is 3.33. The number of imide groups is 1. The average molecular weight is 351 g/mol. The number of amides is 4. The molecule has 2 rings (SSSR count). The van der Waals surface area contributed by atoms with Crippen LogP contribution in [0.4, 0.5) is 4.79 Å². The van der Waals surface area contributed by atoms with Gasteiger partial charge in [0.1, 0.15) is 5.54 Å². The zero-order chi connectivity index (χ0) is 17.9. The molecule has 1 fully saturated rings. The van der Waals surface area contributed by atoms with E-state index in [1.165, 1.54) is 6.07 Å². The molecule has 1 atom stereocenters. The molecule has 8 nitrogen and oxygen atoms in total. The summed E-state index contributed by atoms with van der Waals surface area (Å²) in [7, 11) is 0. The van der Waals surface area contributed by atoms with Crippen LogP contribution >= 0.6 is 11.8 Å². The number of carboxylic acid groups (broad SMARTS) is 1. The minimum atomic E-state index is -1.09. The van der Waals surface area contributed by atoms with Crippen LogP contribution in [0.15, 0.2) is 29.2 Å². The summed E-state index contributed by atoms with van der Waals surface area (Å²) in [6, 6.07) is 5.59. The van der Waals surface area contributed by atoms with E-state index in [1.807, 2.05) is 0 Å². The van der Waals surface area contributed by atoms with Crippen molar-refractivity contribution >= 4 is 35.6 Å². The SMILES string of the molecule is CC[C@]1(C)NC(=O)N(NC(=O)CSc2ccccc2C(=O)O)C1=O. The van der Waals surface area contributed by atoms with Gasteiger partial charge >= 0.3 is 12.0 Å². The van der Waals surface area contributed by atoms with Crippen LogP contribution in [0.25, 0.3) is 0 Å². The lowest BCUT2D eigenvalue weighted by atomic mass is 10.00. The number of thioether (sulfide) groups is 1. The molecule has 0 bridgehead atoms. The highest BCUT2D eigenvalue weighted by molar-refractivity contribution is 8.00. The zero-order valence-corrected chi connectivity index (χ0v) is 14.0. The minimum absolute atomic E-state index is 0.0869. The molecule has 9 heteroatoms. The molecule has 0 aromatic heterocycles. The second-order valence-electron chi connectivity index (χ2n) is 5.38. The van der Waals surface area contributed by atoms with E-state index in [2.05, 4.69) is 10.7 Å². The Morgan fingerprint density at radius 3 is 2.58 bits per heavy atom. The van der Waals surface area contributed by atoms with Crippen LogP contribution in [0, 0.1) is 0 Å². The highest BCUT2D eigenvalue weighted by Gasteiger charge is 2.47. The predicted octanol–water partition coefficient (Wildman–Crippen LogP) is 1.23. The fraction of sp³-hybridized carbons (Fsp3) is 0.333. The Kier molecular flexibility index (Phi) is 5.13. The van der Waals surface area contributed by atoms with Crippen molar-refractivity contribution in [3.8, 4) is 0 Å². The number of rotatable bonds is 6. The summed E-state index contributed by atoms with van der Waals surface area (Å²) in [5.74, 6) is -2.33.